The van der Waals surface area contributed by atoms with Crippen LogP contribution in [0.15, 0.2) is 18.3 Å². The van der Waals surface area contributed by atoms with Crippen molar-refractivity contribution in [2.24, 2.45) is 5.73 Å². The van der Waals surface area contributed by atoms with E-state index in [2.05, 4.69) is 32.9 Å². The summed E-state index contributed by atoms with van der Waals surface area (Å²) in [5, 5.41) is 8.44. The minimum Gasteiger partial charge on any atom is -0.330 e. The Balaban J connectivity index is 2.05. The van der Waals surface area contributed by atoms with Crippen molar-refractivity contribution < 1.29 is 0 Å². The quantitative estimate of drug-likeness (QED) is 0.811. The smallest absolute Gasteiger partial charge is 0.161 e. The number of nitrogens with two attached hydrogens (primary N) is 1. The molecule has 1 aliphatic rings. The molecule has 0 atom stereocenters. The molecule has 0 bridgehead atoms. The van der Waals surface area contributed by atoms with Gasteiger partial charge in [0, 0.05) is 12.1 Å². The summed E-state index contributed by atoms with van der Waals surface area (Å²) in [7, 11) is 0. The second-order valence-electron chi connectivity index (χ2n) is 4.13. The number of hydrogen-bond donors (Lipinski definition) is 1. The molecule has 4 nitrogen and oxygen atoms in total. The van der Waals surface area contributed by atoms with Crippen molar-refractivity contribution in [1.29, 1.82) is 0 Å². The largest absolute Gasteiger partial charge is 0.330 e. The average Bonchev–Trinajstić information content (AvgIpc) is 3.00. The molecule has 2 aromatic heterocycles. The molecule has 1 saturated carbocycles. The normalized spacial score (nSPS) is 16.1. The van der Waals surface area contributed by atoms with Crippen LogP contribution in [0.3, 0.4) is 0 Å². The molecule has 0 aliphatic heterocycles. The molecule has 0 radical (unpaired) electrons. The molecule has 2 N–H and O–H groups in total. The Morgan fingerprint density at radius 1 is 1.40 bits per heavy atom. The van der Waals surface area contributed by atoms with E-state index in [1.165, 1.54) is 18.4 Å². The fourth-order valence-electron chi connectivity index (χ4n) is 1.89. The number of aromatic nitrogens is 3. The number of fused-ring (bicyclic) bond motifs is 1. The first-order valence-electron chi connectivity index (χ1n) is 5.42. The molecule has 0 aromatic carbocycles. The molecule has 0 saturated heterocycles. The zero-order valence-electron chi connectivity index (χ0n) is 8.56. The fourth-order valence-corrected chi connectivity index (χ4v) is 1.89. The molecule has 2 heterocycles. The Morgan fingerprint density at radius 2 is 2.27 bits per heavy atom. The van der Waals surface area contributed by atoms with Gasteiger partial charge in [-0.25, -0.2) is 0 Å². The van der Waals surface area contributed by atoms with E-state index < -0.39 is 0 Å². The highest BCUT2D eigenvalue weighted by molar-refractivity contribution is 5.42. The summed E-state index contributed by atoms with van der Waals surface area (Å²) >= 11 is 0. The third-order valence-corrected chi connectivity index (χ3v) is 2.88. The van der Waals surface area contributed by atoms with Crippen LogP contribution in [0.4, 0.5) is 0 Å². The molecule has 0 unspecified atom stereocenters. The lowest BCUT2D eigenvalue weighted by molar-refractivity contribution is 0.894. The molecule has 1 fully saturated rings. The predicted octanol–water partition coefficient (Wildman–Crippen LogP) is 1.11. The van der Waals surface area contributed by atoms with E-state index in [1.54, 1.807) is 0 Å². The van der Waals surface area contributed by atoms with Gasteiger partial charge in [0.15, 0.2) is 5.65 Å². The zero-order valence-corrected chi connectivity index (χ0v) is 8.56. The van der Waals surface area contributed by atoms with Gasteiger partial charge in [0.2, 0.25) is 0 Å². The molecule has 15 heavy (non-hydrogen) atoms. The van der Waals surface area contributed by atoms with Crippen molar-refractivity contribution in [2.45, 2.75) is 25.2 Å². The Kier molecular flexibility index (Phi) is 1.95. The molecular weight excluding hydrogens is 188 g/mol. The number of nitrogens with zero attached hydrogens (tertiary/aromatic N) is 3. The minimum atomic E-state index is 0.639. The maximum absolute atomic E-state index is 5.53. The van der Waals surface area contributed by atoms with E-state index in [9.17, 15) is 0 Å². The Labute approximate surface area is 88.1 Å². The highest BCUT2D eigenvalue weighted by Gasteiger charge is 2.28. The van der Waals surface area contributed by atoms with Crippen molar-refractivity contribution in [3.8, 4) is 0 Å². The molecule has 3 rings (SSSR count). The maximum Gasteiger partial charge on any atom is 0.161 e. The zero-order chi connectivity index (χ0) is 10.3. The van der Waals surface area contributed by atoms with Crippen LogP contribution in [0.5, 0.6) is 0 Å². The molecule has 1 aliphatic carbocycles. The van der Waals surface area contributed by atoms with Gasteiger partial charge < -0.3 is 5.73 Å². The summed E-state index contributed by atoms with van der Waals surface area (Å²) in [5.41, 5.74) is 7.71. The summed E-state index contributed by atoms with van der Waals surface area (Å²) in [5.74, 6) is 1.75. The van der Waals surface area contributed by atoms with Gasteiger partial charge in [0.05, 0.1) is 0 Å². The van der Waals surface area contributed by atoms with Gasteiger partial charge in [-0.15, -0.1) is 10.2 Å². The number of rotatable bonds is 3. The van der Waals surface area contributed by atoms with E-state index >= 15 is 0 Å². The van der Waals surface area contributed by atoms with Gasteiger partial charge in [0.1, 0.15) is 5.82 Å². The summed E-state index contributed by atoms with van der Waals surface area (Å²) in [6, 6.07) is 4.18. The third-order valence-electron chi connectivity index (χ3n) is 2.88. The highest BCUT2D eigenvalue weighted by Crippen LogP contribution is 2.38. The Hall–Kier alpha value is -1.42. The summed E-state index contributed by atoms with van der Waals surface area (Å²) in [4.78, 5) is 0. The van der Waals surface area contributed by atoms with E-state index in [0.29, 0.717) is 12.5 Å². The molecule has 0 amide bonds. The van der Waals surface area contributed by atoms with Crippen LogP contribution in [0.1, 0.15) is 30.1 Å². The van der Waals surface area contributed by atoms with Crippen LogP contribution >= 0.6 is 0 Å². The summed E-state index contributed by atoms with van der Waals surface area (Å²) in [6.07, 6.45) is 5.48. The Morgan fingerprint density at radius 3 is 3.00 bits per heavy atom. The molecule has 0 spiro atoms. The SMILES string of the molecule is NCCc1ccn2c(C3CC3)nnc2c1. The van der Waals surface area contributed by atoms with E-state index in [4.69, 9.17) is 5.73 Å². The van der Waals surface area contributed by atoms with Gasteiger partial charge >= 0.3 is 0 Å². The van der Waals surface area contributed by atoms with Crippen LogP contribution in [-0.2, 0) is 6.42 Å². The van der Waals surface area contributed by atoms with Crippen molar-refractivity contribution in [2.75, 3.05) is 6.54 Å². The molecule has 2 aromatic rings. The first-order chi connectivity index (χ1) is 7.38. The number of hydrogen-bond acceptors (Lipinski definition) is 3. The summed E-state index contributed by atoms with van der Waals surface area (Å²) in [6.45, 7) is 0.680. The van der Waals surface area contributed by atoms with Gasteiger partial charge in [0.25, 0.3) is 0 Å². The molecule has 78 valence electrons. The van der Waals surface area contributed by atoms with Crippen LogP contribution in [0, 0.1) is 0 Å². The van der Waals surface area contributed by atoms with Crippen molar-refractivity contribution in [1.82, 2.24) is 14.6 Å². The standard InChI is InChI=1S/C11H14N4/c12-5-3-8-4-6-15-10(7-8)13-14-11(15)9-1-2-9/h4,6-7,9H,1-3,5,12H2. The van der Waals surface area contributed by atoms with E-state index in [1.807, 2.05) is 0 Å². The van der Waals surface area contributed by atoms with Crippen molar-refractivity contribution >= 4 is 5.65 Å². The second-order valence-corrected chi connectivity index (χ2v) is 4.13. The average molecular weight is 202 g/mol. The lowest BCUT2D eigenvalue weighted by atomic mass is 10.2. The predicted molar refractivity (Wildman–Crippen MR) is 57.7 cm³/mol. The van der Waals surface area contributed by atoms with E-state index in [-0.39, 0.29) is 0 Å². The van der Waals surface area contributed by atoms with Crippen LogP contribution in [0.25, 0.3) is 5.65 Å². The first-order valence-corrected chi connectivity index (χ1v) is 5.42. The lowest BCUT2D eigenvalue weighted by Gasteiger charge is -2.00. The van der Waals surface area contributed by atoms with Gasteiger partial charge in [-0.1, -0.05) is 0 Å². The topological polar surface area (TPSA) is 56.2 Å². The van der Waals surface area contributed by atoms with Crippen LogP contribution in [-0.4, -0.2) is 21.1 Å². The monoisotopic (exact) mass is 202 g/mol. The second kappa shape index (κ2) is 3.31. The first kappa shape index (κ1) is 8.85. The third kappa shape index (κ3) is 1.51. The van der Waals surface area contributed by atoms with Gasteiger partial charge in [-0.2, -0.15) is 0 Å². The molecular formula is C11H14N4. The number of pyridine rings is 1. The molecule has 4 heteroatoms. The van der Waals surface area contributed by atoms with E-state index in [0.717, 1.165) is 17.9 Å². The Bertz CT molecular complexity index is 484. The van der Waals surface area contributed by atoms with Crippen molar-refractivity contribution in [3.63, 3.8) is 0 Å². The minimum absolute atomic E-state index is 0.639. The van der Waals surface area contributed by atoms with Gasteiger partial charge in [-0.3, -0.25) is 4.40 Å². The van der Waals surface area contributed by atoms with Crippen molar-refractivity contribution in [3.05, 3.63) is 29.7 Å². The van der Waals surface area contributed by atoms with Crippen LogP contribution in [0.2, 0.25) is 0 Å². The van der Waals surface area contributed by atoms with Crippen LogP contribution < -0.4 is 5.73 Å². The fraction of sp³-hybridized carbons (Fsp3) is 0.455. The maximum atomic E-state index is 5.53. The van der Waals surface area contributed by atoms with Gasteiger partial charge in [-0.05, 0) is 43.5 Å². The lowest BCUT2D eigenvalue weighted by Crippen LogP contribution is -2.03. The summed E-state index contributed by atoms with van der Waals surface area (Å²) < 4.78 is 2.09. The highest BCUT2D eigenvalue weighted by atomic mass is 15.2.